The summed E-state index contributed by atoms with van der Waals surface area (Å²) >= 11 is 7.62. The molecule has 2 atom stereocenters. The van der Waals surface area contributed by atoms with Crippen LogP contribution in [0.2, 0.25) is 5.02 Å². The Morgan fingerprint density at radius 1 is 1.31 bits per heavy atom. The fourth-order valence-electron chi connectivity index (χ4n) is 3.74. The van der Waals surface area contributed by atoms with E-state index >= 15 is 0 Å². The predicted molar refractivity (Wildman–Crippen MR) is 110 cm³/mol. The molecular weight excluding hydrogens is 368 g/mol. The molecule has 0 aliphatic carbocycles. The van der Waals surface area contributed by atoms with Crippen molar-refractivity contribution in [2.45, 2.75) is 0 Å². The van der Waals surface area contributed by atoms with E-state index in [-0.39, 0.29) is 0 Å². The number of thioether (sulfide) groups is 1. The lowest BCUT2D eigenvalue weighted by atomic mass is 10.0. The van der Waals surface area contributed by atoms with E-state index in [2.05, 4.69) is 16.8 Å². The third-order valence-corrected chi connectivity index (χ3v) is 6.27. The van der Waals surface area contributed by atoms with Crippen LogP contribution in [0.25, 0.3) is 5.57 Å². The highest BCUT2D eigenvalue weighted by Crippen LogP contribution is 2.32. The van der Waals surface area contributed by atoms with E-state index in [0.29, 0.717) is 38.2 Å². The second-order valence-electron chi connectivity index (χ2n) is 6.88. The van der Waals surface area contributed by atoms with Crippen LogP contribution in [0.1, 0.15) is 11.1 Å². The molecule has 2 saturated heterocycles. The van der Waals surface area contributed by atoms with Gasteiger partial charge >= 0.3 is 0 Å². The van der Waals surface area contributed by atoms with Crippen molar-refractivity contribution >= 4 is 45.4 Å². The van der Waals surface area contributed by atoms with Crippen LogP contribution in [-0.4, -0.2) is 59.5 Å². The van der Waals surface area contributed by atoms with Crippen LogP contribution in [-0.2, 0) is 0 Å². The molecule has 0 aromatic heterocycles. The minimum atomic E-state index is 0.474. The third-order valence-electron chi connectivity index (χ3n) is 5.07. The fourth-order valence-corrected chi connectivity index (χ4v) is 4.85. The number of nitrogens with one attached hydrogen (secondary N) is 2. The number of nitrogens with zero attached hydrogens (tertiary/aromatic N) is 2. The summed E-state index contributed by atoms with van der Waals surface area (Å²) < 4.78 is 0. The Kier molecular flexibility index (Phi) is 5.70. The van der Waals surface area contributed by atoms with Gasteiger partial charge in [0.2, 0.25) is 5.04 Å². The first-order valence-electron chi connectivity index (χ1n) is 8.48. The van der Waals surface area contributed by atoms with E-state index in [4.69, 9.17) is 33.6 Å². The molecule has 1 aromatic carbocycles. The quantitative estimate of drug-likeness (QED) is 0.454. The smallest absolute Gasteiger partial charge is 0.248 e. The van der Waals surface area contributed by atoms with Gasteiger partial charge < -0.3 is 20.9 Å². The Morgan fingerprint density at radius 2 is 1.96 bits per heavy atom. The molecule has 6 N–H and O–H groups in total. The summed E-state index contributed by atoms with van der Waals surface area (Å²) in [5.41, 5.74) is 7.57. The number of hydrogen-bond donors (Lipinski definition) is 4. The topological polar surface area (TPSA) is 106 Å². The zero-order valence-electron chi connectivity index (χ0n) is 14.7. The van der Waals surface area contributed by atoms with E-state index in [1.807, 2.05) is 12.1 Å². The normalized spacial score (nSPS) is 23.2. The Labute approximate surface area is 162 Å². The standard InChI is InChI=1S/C18H23ClN6S/c1-24-7-13-9-25(10-14(13)8-24)18(23)26-17(22)15-3-2-11(4-16(15)19)12(5-20)6-21/h2-6,13-14,20,22-23H,7-10,21H2,1H3/p+1/b12-6+,20-5?,22-17?,23-18?. The molecule has 26 heavy (non-hydrogen) atoms. The highest BCUT2D eigenvalue weighted by Gasteiger charge is 2.40. The van der Waals surface area contributed by atoms with Crippen LogP contribution in [0, 0.1) is 22.7 Å². The van der Waals surface area contributed by atoms with Crippen LogP contribution in [0.4, 0.5) is 0 Å². The summed E-state index contributed by atoms with van der Waals surface area (Å²) in [6.45, 7) is 4.06. The van der Waals surface area contributed by atoms with Gasteiger partial charge in [0, 0.05) is 55.9 Å². The minimum Gasteiger partial charge on any atom is -0.404 e. The molecule has 6 nitrogen and oxygen atoms in total. The van der Waals surface area contributed by atoms with Crippen molar-refractivity contribution < 1.29 is 5.41 Å². The fraction of sp³-hybridized carbons (Fsp3) is 0.389. The molecule has 0 spiro atoms. The predicted octanol–water partition coefficient (Wildman–Crippen LogP) is 0.956. The second-order valence-corrected chi connectivity index (χ2v) is 8.32. The van der Waals surface area contributed by atoms with Crippen LogP contribution in [0.15, 0.2) is 24.4 Å². The molecular formula is C18H24ClN6S+. The molecule has 2 unspecified atom stereocenters. The summed E-state index contributed by atoms with van der Waals surface area (Å²) in [4.78, 5) is 4.48. The van der Waals surface area contributed by atoms with Gasteiger partial charge in [-0.1, -0.05) is 17.7 Å². The molecule has 2 heterocycles. The van der Waals surface area contributed by atoms with Crippen molar-refractivity contribution in [3.05, 3.63) is 40.5 Å². The second kappa shape index (κ2) is 7.82. The van der Waals surface area contributed by atoms with Crippen molar-refractivity contribution in [1.29, 1.82) is 10.8 Å². The molecule has 138 valence electrons. The number of allylic oxidation sites excluding steroid dienone is 1. The Bertz CT molecular complexity index is 763. The molecule has 2 fully saturated rings. The maximum atomic E-state index is 8.41. The summed E-state index contributed by atoms with van der Waals surface area (Å²) in [6, 6.07) is 5.39. The summed E-state index contributed by atoms with van der Waals surface area (Å²) in [5.74, 6) is 1.29. The van der Waals surface area contributed by atoms with Gasteiger partial charge in [0.1, 0.15) is 0 Å². The summed E-state index contributed by atoms with van der Waals surface area (Å²) in [6.07, 6.45) is 2.56. The largest absolute Gasteiger partial charge is 0.404 e. The van der Waals surface area contributed by atoms with Crippen LogP contribution >= 0.6 is 23.4 Å². The van der Waals surface area contributed by atoms with E-state index in [0.717, 1.165) is 31.7 Å². The van der Waals surface area contributed by atoms with Gasteiger partial charge in [0.15, 0.2) is 5.17 Å². The van der Waals surface area contributed by atoms with E-state index in [1.165, 1.54) is 24.2 Å². The molecule has 0 amide bonds. The van der Waals surface area contributed by atoms with Crippen molar-refractivity contribution in [3.63, 3.8) is 0 Å². The van der Waals surface area contributed by atoms with Crippen molar-refractivity contribution in [1.82, 2.24) is 9.80 Å². The first-order chi connectivity index (χ1) is 12.4. The van der Waals surface area contributed by atoms with Gasteiger partial charge in [-0.15, -0.1) is 0 Å². The van der Waals surface area contributed by atoms with Crippen molar-refractivity contribution in [3.8, 4) is 0 Å². The zero-order valence-corrected chi connectivity index (χ0v) is 16.3. The van der Waals surface area contributed by atoms with Gasteiger partial charge in [0.05, 0.1) is 10.6 Å². The van der Waals surface area contributed by atoms with Crippen LogP contribution < -0.4 is 11.1 Å². The van der Waals surface area contributed by atoms with Crippen molar-refractivity contribution in [2.24, 2.45) is 17.6 Å². The lowest BCUT2D eigenvalue weighted by Gasteiger charge is -2.20. The Balaban J connectivity index is 1.65. The van der Waals surface area contributed by atoms with Gasteiger partial charge in [-0.25, -0.2) is 5.41 Å². The molecule has 0 radical (unpaired) electrons. The average Bonchev–Trinajstić information content (AvgIpc) is 3.13. The van der Waals surface area contributed by atoms with Gasteiger partial charge in [-0.3, -0.25) is 5.41 Å². The molecule has 1 aromatic rings. The monoisotopic (exact) mass is 391 g/mol. The number of nitrogens with two attached hydrogens (primary N) is 2. The Morgan fingerprint density at radius 3 is 2.50 bits per heavy atom. The van der Waals surface area contributed by atoms with Crippen LogP contribution in [0.3, 0.4) is 0 Å². The SMILES string of the molecule is CN1CC2CN(C(=N)SC(=[NH2+])c3ccc(/C(C=N)=C/N)cc3Cl)CC2C1. The molecule has 0 saturated carbocycles. The van der Waals surface area contributed by atoms with Gasteiger partial charge in [0.25, 0.3) is 0 Å². The van der Waals surface area contributed by atoms with Gasteiger partial charge in [-0.05, 0) is 36.6 Å². The summed E-state index contributed by atoms with van der Waals surface area (Å²) in [5, 5.41) is 23.5. The summed E-state index contributed by atoms with van der Waals surface area (Å²) in [7, 11) is 2.16. The zero-order chi connectivity index (χ0) is 18.8. The molecule has 2 aliphatic rings. The number of halogens is 1. The number of likely N-dealkylation sites (tertiary alicyclic amines) is 2. The lowest BCUT2D eigenvalue weighted by Crippen LogP contribution is -2.41. The number of rotatable bonds is 3. The number of fused-ring (bicyclic) bond motifs is 1. The van der Waals surface area contributed by atoms with Crippen LogP contribution in [0.5, 0.6) is 0 Å². The van der Waals surface area contributed by atoms with E-state index in [1.54, 1.807) is 6.07 Å². The highest BCUT2D eigenvalue weighted by molar-refractivity contribution is 8.26. The first-order valence-corrected chi connectivity index (χ1v) is 9.67. The minimum absolute atomic E-state index is 0.474. The Hall–Kier alpha value is -1.83. The number of amidine groups is 1. The first kappa shape index (κ1) is 18.9. The molecule has 2 aliphatic heterocycles. The molecule has 8 heteroatoms. The van der Waals surface area contributed by atoms with Gasteiger partial charge in [-0.2, -0.15) is 0 Å². The number of hydrogen-bond acceptors (Lipinski definition) is 5. The third kappa shape index (κ3) is 3.79. The van der Waals surface area contributed by atoms with E-state index in [9.17, 15) is 0 Å². The number of benzene rings is 1. The molecule has 0 bridgehead atoms. The van der Waals surface area contributed by atoms with Crippen molar-refractivity contribution in [2.75, 3.05) is 33.2 Å². The maximum Gasteiger partial charge on any atom is 0.248 e. The van der Waals surface area contributed by atoms with E-state index < -0.39 is 0 Å². The maximum absolute atomic E-state index is 8.41. The highest BCUT2D eigenvalue weighted by atomic mass is 35.5. The average molecular weight is 392 g/mol. The molecule has 3 rings (SSSR count). The lowest BCUT2D eigenvalue weighted by molar-refractivity contribution is -0.107.